The number of amides is 1. The lowest BCUT2D eigenvalue weighted by Crippen LogP contribution is -2.40. The number of nitrogens with zero attached hydrogens (tertiary/aromatic N) is 1. The van der Waals surface area contributed by atoms with Gasteiger partial charge in [0.05, 0.1) is 16.1 Å². The molecule has 0 saturated carbocycles. The molecule has 0 bridgehead atoms. The Balaban J connectivity index is 2.88. The van der Waals surface area contributed by atoms with Crippen LogP contribution in [0.15, 0.2) is 18.2 Å². The van der Waals surface area contributed by atoms with E-state index in [2.05, 4.69) is 5.32 Å². The minimum atomic E-state index is -1.10. The van der Waals surface area contributed by atoms with E-state index < -0.39 is 27.8 Å². The molecule has 0 aromatic heterocycles. The van der Waals surface area contributed by atoms with Crippen molar-refractivity contribution in [2.24, 2.45) is 0 Å². The zero-order valence-corrected chi connectivity index (χ0v) is 10.6. The molecule has 0 aliphatic heterocycles. The van der Waals surface area contributed by atoms with Gasteiger partial charge in [-0.1, -0.05) is 6.92 Å². The van der Waals surface area contributed by atoms with Crippen LogP contribution in [-0.4, -0.2) is 28.1 Å². The molecule has 0 heterocycles. The number of hydrogen-bond donors (Lipinski definition) is 2. The van der Waals surface area contributed by atoms with E-state index in [4.69, 9.17) is 0 Å². The predicted octanol–water partition coefficient (Wildman–Crippen LogP) is 1.62. The van der Waals surface area contributed by atoms with Crippen molar-refractivity contribution in [2.75, 3.05) is 6.54 Å². The lowest BCUT2D eigenvalue weighted by Gasteiger charge is -2.21. The maximum absolute atomic E-state index is 13.4. The standard InChI is InChI=1S/C12H15FN2O4/c1-3-12(2,17)7-14-11(16)9-6-8(15(18)19)4-5-10(9)13/h4-6,17H,3,7H2,1-2H3,(H,14,16). The average molecular weight is 270 g/mol. The van der Waals surface area contributed by atoms with E-state index in [1.54, 1.807) is 6.92 Å². The minimum Gasteiger partial charge on any atom is -0.388 e. The van der Waals surface area contributed by atoms with Gasteiger partial charge in [-0.25, -0.2) is 4.39 Å². The van der Waals surface area contributed by atoms with Crippen molar-refractivity contribution in [1.29, 1.82) is 0 Å². The molecule has 6 nitrogen and oxygen atoms in total. The Morgan fingerprint density at radius 3 is 2.74 bits per heavy atom. The van der Waals surface area contributed by atoms with Crippen LogP contribution < -0.4 is 5.32 Å². The van der Waals surface area contributed by atoms with Gasteiger partial charge in [0.15, 0.2) is 0 Å². The number of nitro benzene ring substituents is 1. The minimum absolute atomic E-state index is 0.0650. The van der Waals surface area contributed by atoms with E-state index in [0.29, 0.717) is 6.42 Å². The van der Waals surface area contributed by atoms with Gasteiger partial charge in [0.2, 0.25) is 0 Å². The highest BCUT2D eigenvalue weighted by molar-refractivity contribution is 5.95. The second-order valence-corrected chi connectivity index (χ2v) is 4.45. The van der Waals surface area contributed by atoms with Crippen molar-refractivity contribution in [3.8, 4) is 0 Å². The van der Waals surface area contributed by atoms with Gasteiger partial charge in [-0.05, 0) is 19.4 Å². The third kappa shape index (κ3) is 3.99. The number of aliphatic hydroxyl groups is 1. The van der Waals surface area contributed by atoms with E-state index in [9.17, 15) is 24.4 Å². The molecule has 0 saturated heterocycles. The van der Waals surface area contributed by atoms with Crippen LogP contribution in [0.1, 0.15) is 30.6 Å². The molecule has 0 spiro atoms. The van der Waals surface area contributed by atoms with Gasteiger partial charge in [-0.3, -0.25) is 14.9 Å². The molecular formula is C12H15FN2O4. The fourth-order valence-electron chi connectivity index (χ4n) is 1.29. The predicted molar refractivity (Wildman–Crippen MR) is 66.3 cm³/mol. The van der Waals surface area contributed by atoms with Crippen LogP contribution >= 0.6 is 0 Å². The number of nitrogens with one attached hydrogen (secondary N) is 1. The number of hydrogen-bond acceptors (Lipinski definition) is 4. The number of rotatable bonds is 5. The Kier molecular flexibility index (Phi) is 4.55. The van der Waals surface area contributed by atoms with Crippen molar-refractivity contribution in [1.82, 2.24) is 5.32 Å². The van der Waals surface area contributed by atoms with E-state index in [-0.39, 0.29) is 12.2 Å². The largest absolute Gasteiger partial charge is 0.388 e. The van der Waals surface area contributed by atoms with Crippen LogP contribution in [0.3, 0.4) is 0 Å². The SMILES string of the molecule is CCC(C)(O)CNC(=O)c1cc([N+](=O)[O-])ccc1F. The molecule has 1 atom stereocenters. The van der Waals surface area contributed by atoms with Crippen LogP contribution in [0, 0.1) is 15.9 Å². The molecule has 1 rings (SSSR count). The number of carbonyl (C=O) groups is 1. The van der Waals surface area contributed by atoms with E-state index in [0.717, 1.165) is 18.2 Å². The van der Waals surface area contributed by atoms with Gasteiger partial charge >= 0.3 is 0 Å². The highest BCUT2D eigenvalue weighted by Gasteiger charge is 2.21. The van der Waals surface area contributed by atoms with Gasteiger partial charge in [0.1, 0.15) is 5.82 Å². The van der Waals surface area contributed by atoms with Gasteiger partial charge < -0.3 is 10.4 Å². The average Bonchev–Trinajstić information content (AvgIpc) is 2.36. The van der Waals surface area contributed by atoms with Gasteiger partial charge in [0.25, 0.3) is 11.6 Å². The van der Waals surface area contributed by atoms with Crippen LogP contribution in [0.5, 0.6) is 0 Å². The van der Waals surface area contributed by atoms with Crippen LogP contribution in [0.25, 0.3) is 0 Å². The summed E-state index contributed by atoms with van der Waals surface area (Å²) >= 11 is 0. The van der Waals surface area contributed by atoms with E-state index >= 15 is 0 Å². The summed E-state index contributed by atoms with van der Waals surface area (Å²) in [6.07, 6.45) is 0.407. The van der Waals surface area contributed by atoms with Crippen molar-refractivity contribution in [3.63, 3.8) is 0 Å². The molecule has 1 aromatic rings. The first-order chi connectivity index (χ1) is 8.76. The molecule has 104 valence electrons. The monoisotopic (exact) mass is 270 g/mol. The van der Waals surface area contributed by atoms with Crippen molar-refractivity contribution in [3.05, 3.63) is 39.7 Å². The number of non-ortho nitro benzene ring substituents is 1. The molecule has 1 aromatic carbocycles. The first-order valence-electron chi connectivity index (χ1n) is 5.71. The summed E-state index contributed by atoms with van der Waals surface area (Å²) in [5.41, 5.74) is -1.89. The zero-order valence-electron chi connectivity index (χ0n) is 10.6. The molecule has 0 radical (unpaired) electrons. The Morgan fingerprint density at radius 1 is 1.58 bits per heavy atom. The number of benzene rings is 1. The first-order valence-corrected chi connectivity index (χ1v) is 5.71. The molecule has 0 aliphatic carbocycles. The topological polar surface area (TPSA) is 92.5 Å². The molecule has 0 aliphatic rings. The second-order valence-electron chi connectivity index (χ2n) is 4.45. The zero-order chi connectivity index (χ0) is 14.6. The molecule has 0 fully saturated rings. The van der Waals surface area contributed by atoms with Crippen molar-refractivity contribution >= 4 is 11.6 Å². The van der Waals surface area contributed by atoms with Crippen molar-refractivity contribution < 1.29 is 19.2 Å². The number of nitro groups is 1. The first kappa shape index (κ1) is 15.0. The summed E-state index contributed by atoms with van der Waals surface area (Å²) < 4.78 is 13.4. The highest BCUT2D eigenvalue weighted by atomic mass is 19.1. The van der Waals surface area contributed by atoms with E-state index in [1.165, 1.54) is 6.92 Å². The summed E-state index contributed by atoms with van der Waals surface area (Å²) in [5.74, 6) is -1.64. The molecule has 19 heavy (non-hydrogen) atoms. The van der Waals surface area contributed by atoms with Gasteiger partial charge in [-0.15, -0.1) is 0 Å². The maximum Gasteiger partial charge on any atom is 0.270 e. The summed E-state index contributed by atoms with van der Waals surface area (Å²) in [4.78, 5) is 21.6. The third-order valence-electron chi connectivity index (χ3n) is 2.80. The molecule has 1 amide bonds. The normalized spacial score (nSPS) is 13.7. The molecular weight excluding hydrogens is 255 g/mol. The van der Waals surface area contributed by atoms with Gasteiger partial charge in [-0.2, -0.15) is 0 Å². The molecule has 7 heteroatoms. The van der Waals surface area contributed by atoms with Crippen LogP contribution in [-0.2, 0) is 0 Å². The lowest BCUT2D eigenvalue weighted by atomic mass is 10.0. The fourth-order valence-corrected chi connectivity index (χ4v) is 1.29. The molecule has 1 unspecified atom stereocenters. The lowest BCUT2D eigenvalue weighted by molar-refractivity contribution is -0.384. The summed E-state index contributed by atoms with van der Waals surface area (Å²) in [7, 11) is 0. The second kappa shape index (κ2) is 5.75. The molecule has 2 N–H and O–H groups in total. The van der Waals surface area contributed by atoms with Crippen LogP contribution in [0.2, 0.25) is 0 Å². The van der Waals surface area contributed by atoms with E-state index in [1.807, 2.05) is 0 Å². The Bertz CT molecular complexity index is 503. The van der Waals surface area contributed by atoms with Crippen molar-refractivity contribution in [2.45, 2.75) is 25.9 Å². The number of halogens is 1. The summed E-state index contributed by atoms with van der Waals surface area (Å²) in [6, 6.07) is 2.71. The van der Waals surface area contributed by atoms with Gasteiger partial charge in [0, 0.05) is 18.7 Å². The Morgan fingerprint density at radius 2 is 2.21 bits per heavy atom. The summed E-state index contributed by atoms with van der Waals surface area (Å²) in [6.45, 7) is 3.20. The Labute approximate surface area is 109 Å². The quantitative estimate of drug-likeness (QED) is 0.628. The van der Waals surface area contributed by atoms with Crippen LogP contribution in [0.4, 0.5) is 10.1 Å². The Hall–Kier alpha value is -2.02. The third-order valence-corrected chi connectivity index (χ3v) is 2.80. The smallest absolute Gasteiger partial charge is 0.270 e. The summed E-state index contributed by atoms with van der Waals surface area (Å²) in [5, 5.41) is 22.6. The maximum atomic E-state index is 13.4. The number of carbonyl (C=O) groups excluding carboxylic acids is 1. The fraction of sp³-hybridized carbons (Fsp3) is 0.417. The highest BCUT2D eigenvalue weighted by Crippen LogP contribution is 2.17.